The molecular weight excluding hydrogens is 378 g/mol. The van der Waals surface area contributed by atoms with E-state index in [-0.39, 0.29) is 17.9 Å². The zero-order chi connectivity index (χ0) is 21.3. The van der Waals surface area contributed by atoms with Gasteiger partial charge in [-0.25, -0.2) is 4.99 Å². The fourth-order valence-electron chi connectivity index (χ4n) is 3.60. The number of fused-ring (bicyclic) bond motifs is 1. The molecule has 3 N–H and O–H groups in total. The van der Waals surface area contributed by atoms with E-state index >= 15 is 0 Å². The average molecular weight is 406 g/mol. The first kappa shape index (κ1) is 20.1. The van der Waals surface area contributed by atoms with Gasteiger partial charge >= 0.3 is 0 Å². The molecule has 1 aliphatic heterocycles. The lowest BCUT2D eigenvalue weighted by Crippen LogP contribution is -2.27. The van der Waals surface area contributed by atoms with Gasteiger partial charge in [0.25, 0.3) is 11.8 Å². The van der Waals surface area contributed by atoms with Gasteiger partial charge in [-0.05, 0) is 62.5 Å². The molecule has 156 valence electrons. The second-order valence-corrected chi connectivity index (χ2v) is 7.96. The molecule has 7 nitrogen and oxygen atoms in total. The number of anilines is 1. The van der Waals surface area contributed by atoms with Crippen molar-refractivity contribution in [3.8, 4) is 0 Å². The molecule has 1 atom stereocenters. The molecule has 1 aromatic carbocycles. The highest BCUT2D eigenvalue weighted by molar-refractivity contribution is 6.17. The minimum Gasteiger partial charge on any atom is -0.352 e. The van der Waals surface area contributed by atoms with Crippen molar-refractivity contribution >= 4 is 29.7 Å². The van der Waals surface area contributed by atoms with Gasteiger partial charge in [0.15, 0.2) is 0 Å². The number of hydrogen-bond donors (Lipinski definition) is 3. The molecule has 0 saturated heterocycles. The van der Waals surface area contributed by atoms with Crippen LogP contribution in [-0.2, 0) is 4.79 Å². The van der Waals surface area contributed by atoms with Crippen molar-refractivity contribution in [2.45, 2.75) is 52.1 Å². The zero-order valence-electron chi connectivity index (χ0n) is 17.6. The number of nitrogens with one attached hydrogen (secondary N) is 3. The van der Waals surface area contributed by atoms with E-state index < -0.39 is 0 Å². The Morgan fingerprint density at radius 3 is 2.70 bits per heavy atom. The van der Waals surface area contributed by atoms with Crippen LogP contribution in [0.2, 0.25) is 0 Å². The normalized spacial score (nSPS) is 19.8. The molecule has 4 rings (SSSR count). The third kappa shape index (κ3) is 4.06. The summed E-state index contributed by atoms with van der Waals surface area (Å²) in [6.45, 7) is 6.57. The van der Waals surface area contributed by atoms with Gasteiger partial charge in [-0.1, -0.05) is 13.0 Å². The predicted molar refractivity (Wildman–Crippen MR) is 119 cm³/mol. The molecule has 2 amide bonds. The van der Waals surface area contributed by atoms with Crippen LogP contribution in [0.3, 0.4) is 0 Å². The molecule has 2 aliphatic carbocycles. The molecule has 0 bridgehead atoms. The van der Waals surface area contributed by atoms with E-state index in [1.54, 1.807) is 0 Å². The van der Waals surface area contributed by atoms with Crippen LogP contribution in [0.5, 0.6) is 0 Å². The number of aryl methyl sites for hydroxylation is 1. The van der Waals surface area contributed by atoms with E-state index in [2.05, 4.69) is 25.9 Å². The van der Waals surface area contributed by atoms with Crippen LogP contribution < -0.4 is 16.0 Å². The summed E-state index contributed by atoms with van der Waals surface area (Å²) < 4.78 is 0. The fourth-order valence-corrected chi connectivity index (χ4v) is 3.60. The Balaban J connectivity index is 1.57. The summed E-state index contributed by atoms with van der Waals surface area (Å²) in [7, 11) is 0. The number of aliphatic imine (C=N–C) groups is 2. The zero-order valence-corrected chi connectivity index (χ0v) is 17.6. The molecule has 1 aromatic rings. The predicted octanol–water partition coefficient (Wildman–Crippen LogP) is 2.89. The van der Waals surface area contributed by atoms with E-state index in [9.17, 15) is 9.59 Å². The Morgan fingerprint density at radius 1 is 1.17 bits per heavy atom. The maximum atomic E-state index is 12.5. The molecule has 1 unspecified atom stereocenters. The third-order valence-corrected chi connectivity index (χ3v) is 5.54. The summed E-state index contributed by atoms with van der Waals surface area (Å²) in [6.07, 6.45) is 6.39. The quantitative estimate of drug-likeness (QED) is 0.679. The van der Waals surface area contributed by atoms with Gasteiger partial charge in [0.1, 0.15) is 12.2 Å². The van der Waals surface area contributed by atoms with Crippen molar-refractivity contribution in [2.75, 3.05) is 11.9 Å². The Bertz CT molecular complexity index is 1010. The van der Waals surface area contributed by atoms with Gasteiger partial charge in [0.05, 0.1) is 6.04 Å². The van der Waals surface area contributed by atoms with E-state index in [1.165, 1.54) is 6.34 Å². The minimum atomic E-state index is -0.228. The lowest BCUT2D eigenvalue weighted by atomic mass is 10.0. The second-order valence-electron chi connectivity index (χ2n) is 7.96. The monoisotopic (exact) mass is 405 g/mol. The lowest BCUT2D eigenvalue weighted by molar-refractivity contribution is -0.117. The Hall–Kier alpha value is -3.22. The van der Waals surface area contributed by atoms with E-state index in [4.69, 9.17) is 0 Å². The van der Waals surface area contributed by atoms with E-state index in [1.807, 2.05) is 45.0 Å². The number of carbonyl (C=O) groups excluding carboxylic acids is 2. The highest BCUT2D eigenvalue weighted by Gasteiger charge is 2.32. The fraction of sp³-hybridized carbons (Fsp3) is 0.391. The van der Waals surface area contributed by atoms with Crippen LogP contribution in [-0.4, -0.2) is 42.6 Å². The van der Waals surface area contributed by atoms with Gasteiger partial charge in [0.2, 0.25) is 0 Å². The van der Waals surface area contributed by atoms with Crippen LogP contribution in [0, 0.1) is 6.92 Å². The van der Waals surface area contributed by atoms with Crippen molar-refractivity contribution in [1.82, 2.24) is 10.6 Å². The third-order valence-electron chi connectivity index (χ3n) is 5.54. The molecule has 0 radical (unpaired) electrons. The first-order valence-electron chi connectivity index (χ1n) is 10.5. The maximum Gasteiger partial charge on any atom is 0.251 e. The Labute approximate surface area is 176 Å². The van der Waals surface area contributed by atoms with Crippen molar-refractivity contribution in [1.29, 1.82) is 0 Å². The summed E-state index contributed by atoms with van der Waals surface area (Å²) in [6, 6.07) is 5.70. The van der Waals surface area contributed by atoms with Crippen LogP contribution in [0.1, 0.15) is 49.0 Å². The molecule has 3 aliphatic rings. The first-order chi connectivity index (χ1) is 14.5. The largest absolute Gasteiger partial charge is 0.352 e. The molecule has 1 fully saturated rings. The van der Waals surface area contributed by atoms with Crippen LogP contribution in [0.15, 0.2) is 51.0 Å². The van der Waals surface area contributed by atoms with Crippen molar-refractivity contribution < 1.29 is 9.59 Å². The smallest absolute Gasteiger partial charge is 0.251 e. The maximum absolute atomic E-state index is 12.5. The number of amides is 2. The van der Waals surface area contributed by atoms with E-state index in [0.29, 0.717) is 29.6 Å². The SMILES string of the molecule is CCCNC(=O)C1=CC2N=CN=C(Nc3cc(C(=O)NC4CC4)ccc3C)C2=C1C. The van der Waals surface area contributed by atoms with Crippen LogP contribution in [0.25, 0.3) is 0 Å². The topological polar surface area (TPSA) is 94.9 Å². The van der Waals surface area contributed by atoms with Gasteiger partial charge in [-0.15, -0.1) is 0 Å². The van der Waals surface area contributed by atoms with Crippen LogP contribution >= 0.6 is 0 Å². The van der Waals surface area contributed by atoms with Gasteiger partial charge < -0.3 is 16.0 Å². The summed E-state index contributed by atoms with van der Waals surface area (Å²) in [5.74, 6) is 0.518. The highest BCUT2D eigenvalue weighted by atomic mass is 16.2. The molecular formula is C23H27N5O2. The summed E-state index contributed by atoms with van der Waals surface area (Å²) in [5, 5.41) is 9.32. The molecule has 7 heteroatoms. The number of nitrogens with zero attached hydrogens (tertiary/aromatic N) is 2. The highest BCUT2D eigenvalue weighted by Crippen LogP contribution is 2.32. The number of hydrogen-bond acceptors (Lipinski definition) is 5. The standard InChI is InChI=1S/C23H27N5O2/c1-4-9-24-23(30)17-11-19-20(14(17)3)21(26-12-25-19)28-18-10-15(6-5-13(18)2)22(29)27-16-7-8-16/h5-6,10-12,16,19H,4,7-9H2,1-3H3,(H,24,30)(H,27,29)(H,25,26,28). The number of rotatable bonds is 6. The van der Waals surface area contributed by atoms with E-state index in [0.717, 1.165) is 41.7 Å². The molecule has 1 saturated carbocycles. The number of benzene rings is 1. The lowest BCUT2D eigenvalue weighted by Gasteiger charge is -2.20. The average Bonchev–Trinajstić information content (AvgIpc) is 3.48. The number of amidine groups is 1. The van der Waals surface area contributed by atoms with Crippen LogP contribution in [0.4, 0.5) is 5.69 Å². The minimum absolute atomic E-state index is 0.0571. The molecule has 0 aromatic heterocycles. The summed E-state index contributed by atoms with van der Waals surface area (Å²) >= 11 is 0. The Morgan fingerprint density at radius 2 is 1.97 bits per heavy atom. The molecule has 30 heavy (non-hydrogen) atoms. The van der Waals surface area contributed by atoms with Crippen molar-refractivity contribution in [2.24, 2.45) is 9.98 Å². The number of carbonyl (C=O) groups is 2. The van der Waals surface area contributed by atoms with Gasteiger partial charge in [0, 0.05) is 35.0 Å². The Kier molecular flexibility index (Phi) is 5.53. The summed E-state index contributed by atoms with van der Waals surface area (Å²) in [5.41, 5.74) is 4.85. The van der Waals surface area contributed by atoms with Gasteiger partial charge in [-0.3, -0.25) is 14.6 Å². The van der Waals surface area contributed by atoms with Crippen molar-refractivity contribution in [3.63, 3.8) is 0 Å². The second kappa shape index (κ2) is 8.26. The molecule has 1 heterocycles. The van der Waals surface area contributed by atoms with Crippen molar-refractivity contribution in [3.05, 3.63) is 52.1 Å². The first-order valence-corrected chi connectivity index (χ1v) is 10.5. The summed E-state index contributed by atoms with van der Waals surface area (Å²) in [4.78, 5) is 33.8. The molecule has 0 spiro atoms. The van der Waals surface area contributed by atoms with Gasteiger partial charge in [-0.2, -0.15) is 0 Å².